The molecule has 0 spiro atoms. The second kappa shape index (κ2) is 9.33. The first kappa shape index (κ1) is 19.8. The summed E-state index contributed by atoms with van der Waals surface area (Å²) in [7, 11) is 0. The van der Waals surface area contributed by atoms with Crippen molar-refractivity contribution in [2.24, 2.45) is 5.10 Å². The van der Waals surface area contributed by atoms with E-state index in [1.54, 1.807) is 36.6 Å². The lowest BCUT2D eigenvalue weighted by molar-refractivity contribution is -0.385. The summed E-state index contributed by atoms with van der Waals surface area (Å²) in [5.74, 6) is 0. The summed E-state index contributed by atoms with van der Waals surface area (Å²) < 4.78 is 0. The predicted molar refractivity (Wildman–Crippen MR) is 121 cm³/mol. The molecule has 152 valence electrons. The summed E-state index contributed by atoms with van der Waals surface area (Å²) in [6.45, 7) is 4.57. The number of allylic oxidation sites excluding steroid dienone is 1. The molecule has 0 aliphatic carbocycles. The molecule has 3 aromatic carbocycles. The van der Waals surface area contributed by atoms with Crippen LogP contribution in [-0.4, -0.2) is 47.2 Å². The number of para-hydroxylation sites is 1. The third-order valence-corrected chi connectivity index (χ3v) is 5.35. The topological polar surface area (TPSA) is 62.0 Å². The summed E-state index contributed by atoms with van der Waals surface area (Å²) in [5, 5.41) is 20.2. The van der Waals surface area contributed by atoms with Crippen LogP contribution in [0.25, 0.3) is 16.8 Å². The Bertz CT molecular complexity index is 1080. The third-order valence-electron chi connectivity index (χ3n) is 5.35. The zero-order chi connectivity index (χ0) is 20.8. The van der Waals surface area contributed by atoms with E-state index in [0.29, 0.717) is 5.56 Å². The number of hydrogen-bond donors (Lipinski definition) is 0. The van der Waals surface area contributed by atoms with Crippen molar-refractivity contribution in [1.29, 1.82) is 0 Å². The van der Waals surface area contributed by atoms with Gasteiger partial charge in [0.25, 0.3) is 5.69 Å². The van der Waals surface area contributed by atoms with Gasteiger partial charge in [-0.2, -0.15) is 5.10 Å². The molecular weight excluding hydrogens is 376 g/mol. The van der Waals surface area contributed by atoms with Crippen LogP contribution in [0.5, 0.6) is 0 Å². The molecule has 6 heteroatoms. The number of nitrogens with zero attached hydrogens (tertiary/aromatic N) is 4. The van der Waals surface area contributed by atoms with Crippen LogP contribution in [0, 0.1) is 10.1 Å². The maximum absolute atomic E-state index is 11.1. The number of nitro benzene ring substituents is 1. The normalized spacial score (nSPS) is 15.4. The Morgan fingerprint density at radius 2 is 1.67 bits per heavy atom. The van der Waals surface area contributed by atoms with Gasteiger partial charge in [-0.15, -0.1) is 0 Å². The van der Waals surface area contributed by atoms with Crippen molar-refractivity contribution in [3.05, 3.63) is 94.0 Å². The SMILES string of the molecule is O=[N+]([O-])c1ccccc1/C=C\C=N/N1CCN(Cc2cccc3ccccc23)CC1. The van der Waals surface area contributed by atoms with Crippen LogP contribution in [0.3, 0.4) is 0 Å². The molecule has 0 bridgehead atoms. The highest BCUT2D eigenvalue weighted by molar-refractivity contribution is 5.85. The molecule has 30 heavy (non-hydrogen) atoms. The molecule has 0 aromatic heterocycles. The second-order valence-corrected chi connectivity index (χ2v) is 7.31. The molecule has 1 heterocycles. The molecule has 0 radical (unpaired) electrons. The minimum atomic E-state index is -0.369. The lowest BCUT2D eigenvalue weighted by Gasteiger charge is -2.33. The van der Waals surface area contributed by atoms with Crippen LogP contribution in [-0.2, 0) is 6.54 Å². The zero-order valence-electron chi connectivity index (χ0n) is 16.7. The molecule has 0 N–H and O–H groups in total. The quantitative estimate of drug-likeness (QED) is 0.346. The van der Waals surface area contributed by atoms with E-state index in [1.165, 1.54) is 22.4 Å². The van der Waals surface area contributed by atoms with Gasteiger partial charge in [-0.3, -0.25) is 20.0 Å². The first-order chi connectivity index (χ1) is 14.7. The Morgan fingerprint density at radius 3 is 2.50 bits per heavy atom. The van der Waals surface area contributed by atoms with Crippen molar-refractivity contribution >= 4 is 28.8 Å². The number of benzene rings is 3. The van der Waals surface area contributed by atoms with E-state index in [4.69, 9.17) is 0 Å². The fourth-order valence-corrected chi connectivity index (χ4v) is 3.76. The maximum Gasteiger partial charge on any atom is 0.276 e. The Balaban J connectivity index is 1.31. The summed E-state index contributed by atoms with van der Waals surface area (Å²) in [4.78, 5) is 13.1. The number of hydrogen-bond acceptors (Lipinski definition) is 5. The summed E-state index contributed by atoms with van der Waals surface area (Å²) in [6.07, 6.45) is 5.18. The van der Waals surface area contributed by atoms with E-state index in [0.717, 1.165) is 32.7 Å². The van der Waals surface area contributed by atoms with Crippen LogP contribution >= 0.6 is 0 Å². The van der Waals surface area contributed by atoms with Gasteiger partial charge >= 0.3 is 0 Å². The van der Waals surface area contributed by atoms with Crippen LogP contribution in [0.4, 0.5) is 5.69 Å². The highest BCUT2D eigenvalue weighted by Gasteiger charge is 2.16. The van der Waals surface area contributed by atoms with Crippen LogP contribution in [0.2, 0.25) is 0 Å². The number of hydrazone groups is 1. The molecule has 0 atom stereocenters. The summed E-state index contributed by atoms with van der Waals surface area (Å²) in [6, 6.07) is 21.7. The molecule has 3 aromatic rings. The molecule has 0 saturated carbocycles. The number of rotatable bonds is 6. The zero-order valence-corrected chi connectivity index (χ0v) is 16.7. The van der Waals surface area contributed by atoms with Gasteiger partial charge in [-0.05, 0) is 34.6 Å². The molecule has 0 amide bonds. The number of fused-ring (bicyclic) bond motifs is 1. The second-order valence-electron chi connectivity index (χ2n) is 7.31. The van der Waals surface area contributed by atoms with Crippen molar-refractivity contribution in [2.45, 2.75) is 6.54 Å². The third kappa shape index (κ3) is 4.72. The van der Waals surface area contributed by atoms with Crippen LogP contribution < -0.4 is 0 Å². The van der Waals surface area contributed by atoms with Gasteiger partial charge in [0.1, 0.15) is 0 Å². The fourth-order valence-electron chi connectivity index (χ4n) is 3.76. The average molecular weight is 400 g/mol. The van der Waals surface area contributed by atoms with Gasteiger partial charge in [-0.1, -0.05) is 54.6 Å². The minimum Gasteiger partial charge on any atom is -0.295 e. The van der Waals surface area contributed by atoms with Gasteiger partial charge < -0.3 is 0 Å². The molecular formula is C24H24N4O2. The standard InChI is InChI=1S/C24H24N4O2/c29-28(30)24-13-4-2-8-21(24)11-6-14-25-27-17-15-26(16-18-27)19-22-10-5-9-20-7-1-3-12-23(20)22/h1-14H,15-19H2/b11-6-,25-14-. The van der Waals surface area contributed by atoms with Crippen molar-refractivity contribution in [1.82, 2.24) is 9.91 Å². The smallest absolute Gasteiger partial charge is 0.276 e. The van der Waals surface area contributed by atoms with Gasteiger partial charge in [-0.25, -0.2) is 0 Å². The fraction of sp³-hybridized carbons (Fsp3) is 0.208. The maximum atomic E-state index is 11.1. The summed E-state index contributed by atoms with van der Waals surface area (Å²) >= 11 is 0. The Labute approximate surface area is 175 Å². The lowest BCUT2D eigenvalue weighted by Crippen LogP contribution is -2.43. The van der Waals surface area contributed by atoms with Crippen molar-refractivity contribution in [3.63, 3.8) is 0 Å². The van der Waals surface area contributed by atoms with Gasteiger partial charge in [0.15, 0.2) is 0 Å². The van der Waals surface area contributed by atoms with Crippen molar-refractivity contribution < 1.29 is 4.92 Å². The van der Waals surface area contributed by atoms with E-state index >= 15 is 0 Å². The largest absolute Gasteiger partial charge is 0.295 e. The van der Waals surface area contributed by atoms with E-state index in [9.17, 15) is 10.1 Å². The van der Waals surface area contributed by atoms with Crippen LogP contribution in [0.1, 0.15) is 11.1 Å². The molecule has 1 saturated heterocycles. The van der Waals surface area contributed by atoms with E-state index in [1.807, 2.05) is 5.01 Å². The summed E-state index contributed by atoms with van der Waals surface area (Å²) in [5.41, 5.74) is 2.04. The first-order valence-corrected chi connectivity index (χ1v) is 10.1. The molecule has 0 unspecified atom stereocenters. The van der Waals surface area contributed by atoms with Crippen molar-refractivity contribution in [2.75, 3.05) is 26.2 Å². The number of nitro groups is 1. The Hall–Kier alpha value is -3.51. The van der Waals surface area contributed by atoms with E-state index in [2.05, 4.69) is 52.5 Å². The highest BCUT2D eigenvalue weighted by atomic mass is 16.6. The van der Waals surface area contributed by atoms with Crippen LogP contribution in [0.15, 0.2) is 77.9 Å². The minimum absolute atomic E-state index is 0.101. The number of piperazine rings is 1. The molecule has 1 aliphatic heterocycles. The average Bonchev–Trinajstić information content (AvgIpc) is 2.78. The predicted octanol–water partition coefficient (Wildman–Crippen LogP) is 4.56. The van der Waals surface area contributed by atoms with E-state index < -0.39 is 0 Å². The Kier molecular flexibility index (Phi) is 6.15. The van der Waals surface area contributed by atoms with E-state index in [-0.39, 0.29) is 10.6 Å². The highest BCUT2D eigenvalue weighted by Crippen LogP contribution is 2.21. The molecule has 4 rings (SSSR count). The monoisotopic (exact) mass is 400 g/mol. The molecule has 1 aliphatic rings. The Morgan fingerprint density at radius 1 is 0.933 bits per heavy atom. The lowest BCUT2D eigenvalue weighted by atomic mass is 10.0. The van der Waals surface area contributed by atoms with Gasteiger partial charge in [0, 0.05) is 45.0 Å². The van der Waals surface area contributed by atoms with Gasteiger partial charge in [0.2, 0.25) is 0 Å². The first-order valence-electron chi connectivity index (χ1n) is 10.1. The van der Waals surface area contributed by atoms with Gasteiger partial charge in [0.05, 0.1) is 10.5 Å². The van der Waals surface area contributed by atoms with Crippen molar-refractivity contribution in [3.8, 4) is 0 Å². The molecule has 6 nitrogen and oxygen atoms in total. The molecule has 1 fully saturated rings.